The number of halogens is 1. The number of hydrogen-bond acceptors (Lipinski definition) is 10. The highest BCUT2D eigenvalue weighted by atomic mass is 32.2. The summed E-state index contributed by atoms with van der Waals surface area (Å²) in [5, 5.41) is 8.33. The lowest BCUT2D eigenvalue weighted by Crippen LogP contribution is -2.18. The van der Waals surface area contributed by atoms with Crippen molar-refractivity contribution in [3.8, 4) is 34.6 Å². The number of pyridine rings is 1. The van der Waals surface area contributed by atoms with Crippen molar-refractivity contribution in [1.82, 2.24) is 29.7 Å². The van der Waals surface area contributed by atoms with Crippen LogP contribution in [0.15, 0.2) is 53.7 Å². The van der Waals surface area contributed by atoms with Crippen LogP contribution in [0.25, 0.3) is 22.8 Å². The first-order chi connectivity index (χ1) is 18.2. The number of sulfonamides is 1. The quantitative estimate of drug-likeness (QED) is 0.334. The molecule has 3 heterocycles. The zero-order valence-corrected chi connectivity index (χ0v) is 21.9. The number of nitrogens with one attached hydrogen (secondary N) is 1. The number of anilines is 1. The minimum atomic E-state index is -4.22. The van der Waals surface area contributed by atoms with Crippen molar-refractivity contribution in [1.29, 1.82) is 0 Å². The molecule has 3 aromatic heterocycles. The Labute approximate surface area is 218 Å². The summed E-state index contributed by atoms with van der Waals surface area (Å²) in [6.07, 6.45) is 1.91. The Balaban J connectivity index is 1.90. The summed E-state index contributed by atoms with van der Waals surface area (Å²) in [4.78, 5) is 12.0. The van der Waals surface area contributed by atoms with E-state index in [4.69, 9.17) is 14.2 Å². The minimum absolute atomic E-state index is 0.0587. The van der Waals surface area contributed by atoms with Gasteiger partial charge in [-0.25, -0.2) is 32.5 Å². The Morgan fingerprint density at radius 3 is 2.16 bits per heavy atom. The maximum absolute atomic E-state index is 13.4. The molecule has 0 bridgehead atoms. The van der Waals surface area contributed by atoms with Gasteiger partial charge in [-0.15, -0.1) is 10.2 Å². The SMILES string of the molecule is COc1cccc(-c2nnc(NS(=O)(=O)C(C)=C(C)c3ncc(F)cn3)n2-c2c(OC)cccc2OC)n1. The van der Waals surface area contributed by atoms with Crippen LogP contribution in [0.4, 0.5) is 10.3 Å². The molecule has 0 fully saturated rings. The first kappa shape index (κ1) is 26.5. The van der Waals surface area contributed by atoms with E-state index in [9.17, 15) is 12.8 Å². The van der Waals surface area contributed by atoms with Crippen molar-refractivity contribution >= 4 is 21.5 Å². The van der Waals surface area contributed by atoms with Crippen LogP contribution in [0.2, 0.25) is 0 Å². The second-order valence-corrected chi connectivity index (χ2v) is 9.59. The summed E-state index contributed by atoms with van der Waals surface area (Å²) in [5.41, 5.74) is 0.895. The number of allylic oxidation sites excluding steroid dienone is 2. The summed E-state index contributed by atoms with van der Waals surface area (Å²) in [6, 6.07) is 10.1. The average Bonchev–Trinajstić information content (AvgIpc) is 3.34. The zero-order valence-electron chi connectivity index (χ0n) is 21.1. The fourth-order valence-corrected chi connectivity index (χ4v) is 4.51. The molecule has 198 valence electrons. The standard InChI is InChI=1S/C24H24FN7O5S/c1-14(22-26-12-16(25)13-27-22)15(2)38(33,34)31-24-30-29-23(17-8-6-11-20(28-17)37-5)32(24)21-18(35-3)9-7-10-19(21)36-4/h6-13H,1-5H3,(H,30,31). The fourth-order valence-electron chi connectivity index (χ4n) is 3.49. The van der Waals surface area contributed by atoms with Gasteiger partial charge in [-0.3, -0.25) is 4.57 Å². The van der Waals surface area contributed by atoms with E-state index in [1.54, 1.807) is 36.4 Å². The van der Waals surface area contributed by atoms with Gasteiger partial charge in [-0.2, -0.15) is 0 Å². The molecule has 0 unspecified atom stereocenters. The van der Waals surface area contributed by atoms with Gasteiger partial charge >= 0.3 is 0 Å². The predicted molar refractivity (Wildman–Crippen MR) is 137 cm³/mol. The lowest BCUT2D eigenvalue weighted by atomic mass is 10.2. The van der Waals surface area contributed by atoms with Gasteiger partial charge in [0.2, 0.25) is 11.8 Å². The highest BCUT2D eigenvalue weighted by Gasteiger charge is 2.27. The molecule has 1 N–H and O–H groups in total. The van der Waals surface area contributed by atoms with Gasteiger partial charge in [-0.1, -0.05) is 12.1 Å². The topological polar surface area (TPSA) is 143 Å². The van der Waals surface area contributed by atoms with Crippen molar-refractivity contribution in [2.75, 3.05) is 26.1 Å². The maximum Gasteiger partial charge on any atom is 0.260 e. The summed E-state index contributed by atoms with van der Waals surface area (Å²) >= 11 is 0. The Morgan fingerprint density at radius 1 is 0.921 bits per heavy atom. The van der Waals surface area contributed by atoms with E-state index in [1.165, 1.54) is 39.7 Å². The van der Waals surface area contributed by atoms with Gasteiger partial charge in [-0.05, 0) is 32.0 Å². The second kappa shape index (κ2) is 10.8. The molecule has 0 saturated carbocycles. The molecular formula is C24H24FN7O5S. The molecule has 0 atom stereocenters. The third-order valence-electron chi connectivity index (χ3n) is 5.56. The first-order valence-corrected chi connectivity index (χ1v) is 12.5. The van der Waals surface area contributed by atoms with Crippen molar-refractivity contribution in [3.05, 3.63) is 65.3 Å². The third kappa shape index (κ3) is 5.11. The second-order valence-electron chi connectivity index (χ2n) is 7.77. The molecule has 1 aromatic carbocycles. The predicted octanol–water partition coefficient (Wildman–Crippen LogP) is 3.48. The monoisotopic (exact) mass is 541 g/mol. The van der Waals surface area contributed by atoms with Crippen LogP contribution in [0.5, 0.6) is 17.4 Å². The van der Waals surface area contributed by atoms with E-state index in [1.807, 2.05) is 0 Å². The molecule has 0 aliphatic heterocycles. The van der Waals surface area contributed by atoms with Gasteiger partial charge in [0.15, 0.2) is 17.5 Å². The van der Waals surface area contributed by atoms with Crippen LogP contribution < -0.4 is 18.9 Å². The molecule has 4 rings (SSSR count). The lowest BCUT2D eigenvalue weighted by molar-refractivity contribution is 0.391. The molecule has 0 spiro atoms. The van der Waals surface area contributed by atoms with Crippen LogP contribution in [-0.2, 0) is 10.0 Å². The van der Waals surface area contributed by atoms with Crippen molar-refractivity contribution in [2.45, 2.75) is 13.8 Å². The minimum Gasteiger partial charge on any atom is -0.494 e. The van der Waals surface area contributed by atoms with E-state index < -0.39 is 15.8 Å². The molecule has 0 amide bonds. The number of para-hydroxylation sites is 1. The largest absolute Gasteiger partial charge is 0.494 e. The maximum atomic E-state index is 13.4. The van der Waals surface area contributed by atoms with Crippen LogP contribution in [0, 0.1) is 5.82 Å². The summed E-state index contributed by atoms with van der Waals surface area (Å²) in [7, 11) is 0.192. The van der Waals surface area contributed by atoms with Crippen LogP contribution in [0.1, 0.15) is 19.7 Å². The van der Waals surface area contributed by atoms with Crippen LogP contribution in [-0.4, -0.2) is 59.5 Å². The smallest absolute Gasteiger partial charge is 0.260 e. The van der Waals surface area contributed by atoms with Crippen molar-refractivity contribution in [3.63, 3.8) is 0 Å². The molecular weight excluding hydrogens is 517 g/mol. The zero-order chi connectivity index (χ0) is 27.4. The Morgan fingerprint density at radius 2 is 1.55 bits per heavy atom. The van der Waals surface area contributed by atoms with E-state index in [2.05, 4.69) is 29.9 Å². The molecule has 12 nitrogen and oxygen atoms in total. The first-order valence-electron chi connectivity index (χ1n) is 11.1. The average molecular weight is 542 g/mol. The molecule has 14 heteroatoms. The summed E-state index contributed by atoms with van der Waals surface area (Å²) < 4.78 is 60.4. The van der Waals surface area contributed by atoms with E-state index in [0.29, 0.717) is 28.8 Å². The van der Waals surface area contributed by atoms with Gasteiger partial charge in [0.1, 0.15) is 22.9 Å². The van der Waals surface area contributed by atoms with Crippen molar-refractivity contribution in [2.24, 2.45) is 0 Å². The number of benzene rings is 1. The molecule has 0 aliphatic rings. The van der Waals surface area contributed by atoms with E-state index in [0.717, 1.165) is 12.4 Å². The molecule has 0 radical (unpaired) electrons. The normalized spacial score (nSPS) is 12.1. The number of hydrogen-bond donors (Lipinski definition) is 1. The lowest BCUT2D eigenvalue weighted by Gasteiger charge is -2.18. The molecule has 4 aromatic rings. The van der Waals surface area contributed by atoms with Crippen LogP contribution in [0.3, 0.4) is 0 Å². The van der Waals surface area contributed by atoms with Gasteiger partial charge in [0.25, 0.3) is 10.0 Å². The van der Waals surface area contributed by atoms with Gasteiger partial charge in [0, 0.05) is 11.6 Å². The number of rotatable bonds is 9. The van der Waals surface area contributed by atoms with Gasteiger partial charge in [0.05, 0.1) is 38.6 Å². The molecule has 0 saturated heterocycles. The number of methoxy groups -OCH3 is 3. The summed E-state index contributed by atoms with van der Waals surface area (Å²) in [5.74, 6) is 0.471. The molecule has 38 heavy (non-hydrogen) atoms. The number of nitrogens with zero attached hydrogens (tertiary/aromatic N) is 6. The van der Waals surface area contributed by atoms with Crippen LogP contribution >= 0.6 is 0 Å². The highest BCUT2D eigenvalue weighted by Crippen LogP contribution is 2.38. The van der Waals surface area contributed by atoms with E-state index in [-0.39, 0.29) is 28.1 Å². The number of aromatic nitrogens is 6. The molecule has 0 aliphatic carbocycles. The Kier molecular flexibility index (Phi) is 7.52. The number of ether oxygens (including phenoxy) is 3. The Hall–Kier alpha value is -4.59. The Bertz CT molecular complexity index is 1580. The van der Waals surface area contributed by atoms with Crippen molar-refractivity contribution < 1.29 is 27.0 Å². The summed E-state index contributed by atoms with van der Waals surface area (Å²) in [6.45, 7) is 2.89. The highest BCUT2D eigenvalue weighted by molar-refractivity contribution is 7.96. The fraction of sp³-hybridized carbons (Fsp3) is 0.208. The van der Waals surface area contributed by atoms with E-state index >= 15 is 0 Å². The van der Waals surface area contributed by atoms with Gasteiger partial charge < -0.3 is 14.2 Å². The third-order valence-corrected chi connectivity index (χ3v) is 7.13.